The Kier molecular flexibility index (Phi) is 3.53. The zero-order valence-electron chi connectivity index (χ0n) is 9.84. The molecule has 1 aliphatic rings. The van der Waals surface area contributed by atoms with E-state index < -0.39 is 0 Å². The van der Waals surface area contributed by atoms with Crippen LogP contribution >= 0.6 is 0 Å². The molecule has 3 heteroatoms. The van der Waals surface area contributed by atoms with Crippen LogP contribution in [0.15, 0.2) is 0 Å². The van der Waals surface area contributed by atoms with Crippen molar-refractivity contribution in [2.45, 2.75) is 27.2 Å². The van der Waals surface area contributed by atoms with E-state index in [4.69, 9.17) is 0 Å². The summed E-state index contributed by atoms with van der Waals surface area (Å²) in [6.45, 7) is 9.93. The van der Waals surface area contributed by atoms with Crippen LogP contribution in [0.4, 0.5) is 0 Å². The van der Waals surface area contributed by atoms with Gasteiger partial charge in [-0.25, -0.2) is 0 Å². The first-order chi connectivity index (χ1) is 6.47. The molecule has 1 heterocycles. The maximum absolute atomic E-state index is 12.1. The summed E-state index contributed by atoms with van der Waals surface area (Å²) in [7, 11) is 2.10. The summed E-state index contributed by atoms with van der Waals surface area (Å²) in [5.41, 5.74) is -0.185. The smallest absolute Gasteiger partial charge is 0.228 e. The van der Waals surface area contributed by atoms with E-state index >= 15 is 0 Å². The monoisotopic (exact) mass is 198 g/mol. The number of hydrogen-bond donors (Lipinski definition) is 0. The molecule has 3 nitrogen and oxygen atoms in total. The van der Waals surface area contributed by atoms with E-state index in [2.05, 4.69) is 18.9 Å². The van der Waals surface area contributed by atoms with Gasteiger partial charge in [-0.05, 0) is 13.5 Å². The third-order valence-electron chi connectivity index (χ3n) is 3.25. The fourth-order valence-corrected chi connectivity index (χ4v) is 1.59. The average molecular weight is 198 g/mol. The van der Waals surface area contributed by atoms with Crippen molar-refractivity contribution in [3.05, 3.63) is 0 Å². The molecule has 0 bridgehead atoms. The maximum Gasteiger partial charge on any atom is 0.228 e. The number of carbonyl (C=O) groups excluding carboxylic acids is 1. The van der Waals surface area contributed by atoms with Crippen LogP contribution in [-0.2, 0) is 4.79 Å². The van der Waals surface area contributed by atoms with E-state index in [1.54, 1.807) is 0 Å². The minimum atomic E-state index is -0.185. The molecule has 0 aromatic heterocycles. The molecule has 0 unspecified atom stereocenters. The van der Waals surface area contributed by atoms with Gasteiger partial charge in [0, 0.05) is 31.6 Å². The van der Waals surface area contributed by atoms with Crippen molar-refractivity contribution in [3.8, 4) is 0 Å². The number of likely N-dealkylation sites (N-methyl/N-ethyl adjacent to an activating group) is 1. The molecule has 82 valence electrons. The second-order valence-corrected chi connectivity index (χ2v) is 4.83. The lowest BCUT2D eigenvalue weighted by molar-refractivity contribution is -0.142. The van der Waals surface area contributed by atoms with Gasteiger partial charge >= 0.3 is 0 Å². The molecule has 0 aromatic rings. The minimum Gasteiger partial charge on any atom is -0.340 e. The van der Waals surface area contributed by atoms with Crippen LogP contribution in [0.5, 0.6) is 0 Å². The van der Waals surface area contributed by atoms with Crippen LogP contribution in [0, 0.1) is 5.41 Å². The number of amides is 1. The Hall–Kier alpha value is -0.570. The van der Waals surface area contributed by atoms with Gasteiger partial charge in [-0.15, -0.1) is 0 Å². The Balaban J connectivity index is 2.54. The second kappa shape index (κ2) is 4.30. The predicted molar refractivity (Wildman–Crippen MR) is 58.1 cm³/mol. The van der Waals surface area contributed by atoms with Crippen LogP contribution in [0.1, 0.15) is 27.2 Å². The first-order valence-electron chi connectivity index (χ1n) is 5.45. The Morgan fingerprint density at radius 2 is 1.71 bits per heavy atom. The normalized spacial score (nSPS) is 19.9. The molecule has 0 aliphatic carbocycles. The molecule has 0 N–H and O–H groups in total. The lowest BCUT2D eigenvalue weighted by Gasteiger charge is -2.37. The standard InChI is InChI=1S/C11H22N2O/c1-5-11(2,3)10(14)13-8-6-12(4)7-9-13/h5-9H2,1-4H3. The van der Waals surface area contributed by atoms with Gasteiger partial charge in [0.05, 0.1) is 0 Å². The fraction of sp³-hybridized carbons (Fsp3) is 0.909. The van der Waals surface area contributed by atoms with Gasteiger partial charge < -0.3 is 9.80 Å². The van der Waals surface area contributed by atoms with Gasteiger partial charge in [0.2, 0.25) is 5.91 Å². The van der Waals surface area contributed by atoms with Crippen molar-refractivity contribution in [3.63, 3.8) is 0 Å². The van der Waals surface area contributed by atoms with E-state index in [-0.39, 0.29) is 5.41 Å². The van der Waals surface area contributed by atoms with Crippen LogP contribution < -0.4 is 0 Å². The Morgan fingerprint density at radius 1 is 1.21 bits per heavy atom. The van der Waals surface area contributed by atoms with E-state index in [1.807, 2.05) is 18.7 Å². The Bertz CT molecular complexity index is 205. The summed E-state index contributed by atoms with van der Waals surface area (Å²) in [5, 5.41) is 0. The summed E-state index contributed by atoms with van der Waals surface area (Å²) in [6.07, 6.45) is 0.915. The van der Waals surface area contributed by atoms with Gasteiger partial charge in [0.1, 0.15) is 0 Å². The summed E-state index contributed by atoms with van der Waals surface area (Å²) in [5.74, 6) is 0.313. The SMILES string of the molecule is CCC(C)(C)C(=O)N1CCN(C)CC1. The first-order valence-corrected chi connectivity index (χ1v) is 5.45. The second-order valence-electron chi connectivity index (χ2n) is 4.83. The molecule has 0 spiro atoms. The molecule has 1 fully saturated rings. The molecule has 0 aromatic carbocycles. The Labute approximate surface area is 87.1 Å². The van der Waals surface area contributed by atoms with Gasteiger partial charge in [0.25, 0.3) is 0 Å². The van der Waals surface area contributed by atoms with E-state index in [0.29, 0.717) is 5.91 Å². The topological polar surface area (TPSA) is 23.6 Å². The molecule has 1 rings (SSSR count). The third kappa shape index (κ3) is 2.47. The van der Waals surface area contributed by atoms with Gasteiger partial charge in [-0.1, -0.05) is 20.8 Å². The van der Waals surface area contributed by atoms with Crippen molar-refractivity contribution in [1.82, 2.24) is 9.80 Å². The zero-order valence-corrected chi connectivity index (χ0v) is 9.84. The number of nitrogens with zero attached hydrogens (tertiary/aromatic N) is 2. The summed E-state index contributed by atoms with van der Waals surface area (Å²) < 4.78 is 0. The van der Waals surface area contributed by atoms with Crippen molar-refractivity contribution in [2.24, 2.45) is 5.41 Å². The van der Waals surface area contributed by atoms with Crippen molar-refractivity contribution >= 4 is 5.91 Å². The third-order valence-corrected chi connectivity index (χ3v) is 3.25. The molecule has 1 amide bonds. The van der Waals surface area contributed by atoms with Crippen molar-refractivity contribution in [2.75, 3.05) is 33.2 Å². The molecule has 0 atom stereocenters. The summed E-state index contributed by atoms with van der Waals surface area (Å²) >= 11 is 0. The lowest BCUT2D eigenvalue weighted by atomic mass is 9.88. The fourth-order valence-electron chi connectivity index (χ4n) is 1.59. The van der Waals surface area contributed by atoms with Gasteiger partial charge in [-0.2, -0.15) is 0 Å². The minimum absolute atomic E-state index is 0.185. The molecular weight excluding hydrogens is 176 g/mol. The molecule has 1 saturated heterocycles. The van der Waals surface area contributed by atoms with Gasteiger partial charge in [0.15, 0.2) is 0 Å². The number of hydrogen-bond acceptors (Lipinski definition) is 2. The summed E-state index contributed by atoms with van der Waals surface area (Å²) in [6, 6.07) is 0. The number of rotatable bonds is 2. The number of carbonyl (C=O) groups is 1. The molecule has 0 saturated carbocycles. The first kappa shape index (κ1) is 11.5. The van der Waals surface area contributed by atoms with Crippen LogP contribution in [0.25, 0.3) is 0 Å². The predicted octanol–water partition coefficient (Wildman–Crippen LogP) is 1.20. The van der Waals surface area contributed by atoms with E-state index in [0.717, 1.165) is 32.6 Å². The molecular formula is C11H22N2O. The molecule has 0 radical (unpaired) electrons. The quantitative estimate of drug-likeness (QED) is 0.665. The average Bonchev–Trinajstić information content (AvgIpc) is 2.18. The molecule has 1 aliphatic heterocycles. The Morgan fingerprint density at radius 3 is 2.14 bits per heavy atom. The van der Waals surface area contributed by atoms with Crippen molar-refractivity contribution in [1.29, 1.82) is 0 Å². The highest BCUT2D eigenvalue weighted by Gasteiger charge is 2.31. The highest BCUT2D eigenvalue weighted by Crippen LogP contribution is 2.23. The largest absolute Gasteiger partial charge is 0.340 e. The van der Waals surface area contributed by atoms with Crippen LogP contribution in [0.3, 0.4) is 0 Å². The van der Waals surface area contributed by atoms with Crippen molar-refractivity contribution < 1.29 is 4.79 Å². The van der Waals surface area contributed by atoms with Crippen LogP contribution in [0.2, 0.25) is 0 Å². The zero-order chi connectivity index (χ0) is 10.8. The van der Waals surface area contributed by atoms with Crippen LogP contribution in [-0.4, -0.2) is 48.9 Å². The summed E-state index contributed by atoms with van der Waals surface area (Å²) in [4.78, 5) is 16.3. The highest BCUT2D eigenvalue weighted by atomic mass is 16.2. The lowest BCUT2D eigenvalue weighted by Crippen LogP contribution is -2.50. The number of piperazine rings is 1. The highest BCUT2D eigenvalue weighted by molar-refractivity contribution is 5.82. The van der Waals surface area contributed by atoms with E-state index in [1.165, 1.54) is 0 Å². The van der Waals surface area contributed by atoms with Gasteiger partial charge in [-0.3, -0.25) is 4.79 Å². The van der Waals surface area contributed by atoms with E-state index in [9.17, 15) is 4.79 Å². The maximum atomic E-state index is 12.1. The molecule has 14 heavy (non-hydrogen) atoms.